The average molecular weight is 304 g/mol. The van der Waals surface area contributed by atoms with Crippen molar-refractivity contribution in [1.29, 1.82) is 0 Å². The normalized spacial score (nSPS) is 9.95. The number of urea groups is 1. The van der Waals surface area contributed by atoms with Crippen molar-refractivity contribution < 1.29 is 9.59 Å². The molecule has 0 saturated heterocycles. The van der Waals surface area contributed by atoms with Crippen LogP contribution in [0.1, 0.15) is 15.9 Å². The van der Waals surface area contributed by atoms with Crippen LogP contribution in [0.15, 0.2) is 48.5 Å². The number of nitrogens with one attached hydrogen (secondary N) is 2. The number of nitrogen functional groups attached to an aromatic ring is 1. The van der Waals surface area contributed by atoms with Crippen molar-refractivity contribution in [1.82, 2.24) is 10.6 Å². The van der Waals surface area contributed by atoms with Gasteiger partial charge in [-0.2, -0.15) is 0 Å². The predicted octanol–water partition coefficient (Wildman–Crippen LogP) is 2.56. The van der Waals surface area contributed by atoms with E-state index in [1.165, 1.54) is 0 Å². The second-order valence-corrected chi connectivity index (χ2v) is 4.72. The SMILES string of the molecule is Nc1ccccc1C(=O)NC(=O)NCc1ccccc1Cl. The van der Waals surface area contributed by atoms with Gasteiger partial charge < -0.3 is 11.1 Å². The Hall–Kier alpha value is -2.53. The highest BCUT2D eigenvalue weighted by atomic mass is 35.5. The molecule has 0 unspecified atom stereocenters. The van der Waals surface area contributed by atoms with Crippen molar-refractivity contribution >= 4 is 29.2 Å². The molecule has 0 fully saturated rings. The first kappa shape index (κ1) is 14.9. The number of hydrogen-bond donors (Lipinski definition) is 3. The Labute approximate surface area is 127 Å². The standard InChI is InChI=1S/C15H14ClN3O2/c16-12-7-3-1-5-10(12)9-18-15(21)19-14(20)11-6-2-4-8-13(11)17/h1-8H,9,17H2,(H2,18,19,20,21). The van der Waals surface area contributed by atoms with E-state index in [1.807, 2.05) is 6.07 Å². The zero-order valence-electron chi connectivity index (χ0n) is 11.1. The Kier molecular flexibility index (Phi) is 4.79. The third-order valence-electron chi connectivity index (χ3n) is 2.83. The molecule has 2 rings (SSSR count). The number of nitrogens with two attached hydrogens (primary N) is 1. The number of anilines is 1. The zero-order chi connectivity index (χ0) is 15.2. The van der Waals surface area contributed by atoms with Gasteiger partial charge in [-0.25, -0.2) is 4.79 Å². The van der Waals surface area contributed by atoms with Crippen LogP contribution in [0.2, 0.25) is 5.02 Å². The first-order valence-electron chi connectivity index (χ1n) is 6.25. The Morgan fingerprint density at radius 1 is 1.05 bits per heavy atom. The Bertz CT molecular complexity index is 673. The van der Waals surface area contributed by atoms with E-state index in [0.717, 1.165) is 5.56 Å². The molecule has 0 aliphatic rings. The average Bonchev–Trinajstić information content (AvgIpc) is 2.46. The van der Waals surface area contributed by atoms with Crippen LogP contribution in [0.3, 0.4) is 0 Å². The second kappa shape index (κ2) is 6.76. The number of imide groups is 1. The van der Waals surface area contributed by atoms with Crippen molar-refractivity contribution in [3.05, 3.63) is 64.7 Å². The molecule has 6 heteroatoms. The highest BCUT2D eigenvalue weighted by Gasteiger charge is 2.12. The summed E-state index contributed by atoms with van der Waals surface area (Å²) in [5.74, 6) is -0.551. The molecule has 0 aliphatic carbocycles. The van der Waals surface area contributed by atoms with E-state index in [1.54, 1.807) is 42.5 Å². The van der Waals surface area contributed by atoms with E-state index < -0.39 is 11.9 Å². The lowest BCUT2D eigenvalue weighted by molar-refractivity contribution is 0.0965. The van der Waals surface area contributed by atoms with Gasteiger partial charge in [-0.1, -0.05) is 41.9 Å². The van der Waals surface area contributed by atoms with E-state index in [2.05, 4.69) is 10.6 Å². The number of carbonyl (C=O) groups is 2. The fourth-order valence-electron chi connectivity index (χ4n) is 1.74. The molecule has 5 nitrogen and oxygen atoms in total. The molecule has 0 heterocycles. The summed E-state index contributed by atoms with van der Waals surface area (Å²) in [6.45, 7) is 0.225. The first-order chi connectivity index (χ1) is 10.1. The van der Waals surface area contributed by atoms with Crippen LogP contribution in [0, 0.1) is 0 Å². The molecule has 0 aromatic heterocycles. The zero-order valence-corrected chi connectivity index (χ0v) is 11.9. The van der Waals surface area contributed by atoms with Crippen LogP contribution in [0.5, 0.6) is 0 Å². The van der Waals surface area contributed by atoms with Gasteiger partial charge >= 0.3 is 6.03 Å². The molecule has 2 aromatic carbocycles. The maximum absolute atomic E-state index is 11.9. The number of para-hydroxylation sites is 1. The van der Waals surface area contributed by atoms with Crippen molar-refractivity contribution in [3.63, 3.8) is 0 Å². The number of hydrogen-bond acceptors (Lipinski definition) is 3. The molecule has 3 amide bonds. The number of halogens is 1. The van der Waals surface area contributed by atoms with Crippen molar-refractivity contribution in [2.45, 2.75) is 6.54 Å². The predicted molar refractivity (Wildman–Crippen MR) is 82.0 cm³/mol. The Balaban J connectivity index is 1.92. The lowest BCUT2D eigenvalue weighted by Crippen LogP contribution is -2.39. The minimum atomic E-state index is -0.608. The van der Waals surface area contributed by atoms with Gasteiger partial charge in [-0.05, 0) is 23.8 Å². The lowest BCUT2D eigenvalue weighted by atomic mass is 10.2. The minimum absolute atomic E-state index is 0.225. The molecule has 4 N–H and O–H groups in total. The lowest BCUT2D eigenvalue weighted by Gasteiger charge is -2.09. The molecule has 0 radical (unpaired) electrons. The second-order valence-electron chi connectivity index (χ2n) is 4.32. The fraction of sp³-hybridized carbons (Fsp3) is 0.0667. The summed E-state index contributed by atoms with van der Waals surface area (Å²) in [5.41, 5.74) is 7.01. The Morgan fingerprint density at radius 3 is 2.43 bits per heavy atom. The number of benzene rings is 2. The van der Waals surface area contributed by atoms with Crippen molar-refractivity contribution in [2.24, 2.45) is 0 Å². The maximum Gasteiger partial charge on any atom is 0.321 e. The molecule has 0 saturated carbocycles. The van der Waals surface area contributed by atoms with Crippen LogP contribution in [0.25, 0.3) is 0 Å². The van der Waals surface area contributed by atoms with Crippen LogP contribution in [-0.2, 0) is 6.54 Å². The molecule has 0 spiro atoms. The van der Waals surface area contributed by atoms with Crippen LogP contribution < -0.4 is 16.4 Å². The van der Waals surface area contributed by atoms with Crippen LogP contribution >= 0.6 is 11.6 Å². The summed E-state index contributed by atoms with van der Waals surface area (Å²) in [6.07, 6.45) is 0. The third kappa shape index (κ3) is 3.97. The highest BCUT2D eigenvalue weighted by molar-refractivity contribution is 6.31. The van der Waals surface area contributed by atoms with Gasteiger partial charge in [0, 0.05) is 17.3 Å². The van der Waals surface area contributed by atoms with Gasteiger partial charge in [0.1, 0.15) is 0 Å². The number of amides is 3. The summed E-state index contributed by atoms with van der Waals surface area (Å²) in [4.78, 5) is 23.6. The van der Waals surface area contributed by atoms with Crippen LogP contribution in [0.4, 0.5) is 10.5 Å². The smallest absolute Gasteiger partial charge is 0.321 e. The van der Waals surface area contributed by atoms with Gasteiger partial charge in [-0.3, -0.25) is 10.1 Å². The molecule has 2 aromatic rings. The molecular weight excluding hydrogens is 290 g/mol. The highest BCUT2D eigenvalue weighted by Crippen LogP contribution is 2.14. The quantitative estimate of drug-likeness (QED) is 0.762. The van der Waals surface area contributed by atoms with Gasteiger partial charge in [0.05, 0.1) is 5.56 Å². The summed E-state index contributed by atoms with van der Waals surface area (Å²) in [7, 11) is 0. The fourth-order valence-corrected chi connectivity index (χ4v) is 1.94. The Morgan fingerprint density at radius 2 is 1.71 bits per heavy atom. The molecule has 108 valence electrons. The molecule has 21 heavy (non-hydrogen) atoms. The monoisotopic (exact) mass is 303 g/mol. The van der Waals surface area contributed by atoms with Gasteiger partial charge in [0.15, 0.2) is 0 Å². The van der Waals surface area contributed by atoms with E-state index >= 15 is 0 Å². The molecule has 0 atom stereocenters. The number of carbonyl (C=O) groups excluding carboxylic acids is 2. The third-order valence-corrected chi connectivity index (χ3v) is 3.20. The molecule has 0 bridgehead atoms. The number of rotatable bonds is 3. The van der Waals surface area contributed by atoms with E-state index in [-0.39, 0.29) is 12.1 Å². The van der Waals surface area contributed by atoms with Gasteiger partial charge in [0.2, 0.25) is 0 Å². The molecule has 0 aliphatic heterocycles. The van der Waals surface area contributed by atoms with Gasteiger partial charge in [0.25, 0.3) is 5.91 Å². The molecular formula is C15H14ClN3O2. The van der Waals surface area contributed by atoms with E-state index in [4.69, 9.17) is 17.3 Å². The topological polar surface area (TPSA) is 84.2 Å². The maximum atomic E-state index is 11.9. The largest absolute Gasteiger partial charge is 0.398 e. The van der Waals surface area contributed by atoms with Crippen LogP contribution in [-0.4, -0.2) is 11.9 Å². The minimum Gasteiger partial charge on any atom is -0.398 e. The first-order valence-corrected chi connectivity index (χ1v) is 6.63. The van der Waals surface area contributed by atoms with Gasteiger partial charge in [-0.15, -0.1) is 0 Å². The van der Waals surface area contributed by atoms with Crippen molar-refractivity contribution in [3.8, 4) is 0 Å². The summed E-state index contributed by atoms with van der Waals surface area (Å²) >= 11 is 5.97. The summed E-state index contributed by atoms with van der Waals surface area (Å²) < 4.78 is 0. The summed E-state index contributed by atoms with van der Waals surface area (Å²) in [6, 6.07) is 13.1. The summed E-state index contributed by atoms with van der Waals surface area (Å²) in [5, 5.41) is 5.33. The van der Waals surface area contributed by atoms with Crippen molar-refractivity contribution in [2.75, 3.05) is 5.73 Å². The van der Waals surface area contributed by atoms with E-state index in [0.29, 0.717) is 10.7 Å². The van der Waals surface area contributed by atoms with E-state index in [9.17, 15) is 9.59 Å².